The number of nitrogens with one attached hydrogen (secondary N) is 1. The summed E-state index contributed by atoms with van der Waals surface area (Å²) in [5.41, 5.74) is 7.71. The van der Waals surface area contributed by atoms with Gasteiger partial charge in [0.05, 0.1) is 6.61 Å². The number of aromatic amines is 1. The molecule has 1 amide bonds. The van der Waals surface area contributed by atoms with E-state index in [0.29, 0.717) is 17.8 Å². The summed E-state index contributed by atoms with van der Waals surface area (Å²) >= 11 is 0. The van der Waals surface area contributed by atoms with Gasteiger partial charge in [0.2, 0.25) is 0 Å². The zero-order valence-corrected chi connectivity index (χ0v) is 11.3. The lowest BCUT2D eigenvalue weighted by molar-refractivity contribution is 0.0708. The first-order valence-corrected chi connectivity index (χ1v) is 6.38. The van der Waals surface area contributed by atoms with Crippen molar-refractivity contribution >= 4 is 11.7 Å². The molecule has 1 aromatic heterocycles. The highest BCUT2D eigenvalue weighted by molar-refractivity contribution is 5.99. The minimum Gasteiger partial charge on any atom is -0.395 e. The van der Waals surface area contributed by atoms with Crippen molar-refractivity contribution in [2.75, 3.05) is 18.9 Å². The van der Waals surface area contributed by atoms with Crippen LogP contribution in [0.25, 0.3) is 0 Å². The molecule has 1 heterocycles. The summed E-state index contributed by atoms with van der Waals surface area (Å²) in [6.07, 6.45) is 0. The number of carbonyl (C=O) groups is 1. The Labute approximate surface area is 117 Å². The summed E-state index contributed by atoms with van der Waals surface area (Å²) in [4.78, 5) is 14.1. The second kappa shape index (κ2) is 6.21. The molecule has 20 heavy (non-hydrogen) atoms. The van der Waals surface area contributed by atoms with Gasteiger partial charge < -0.3 is 15.7 Å². The number of carbonyl (C=O) groups excluding carboxylic acids is 1. The van der Waals surface area contributed by atoms with Crippen LogP contribution in [0.2, 0.25) is 0 Å². The number of aliphatic hydroxyl groups excluding tert-OH is 1. The SMILES string of the molecule is Cc1[nH]nc(N)c1C(=O)N(CCO)Cc1ccccc1. The molecule has 0 aliphatic carbocycles. The van der Waals surface area contributed by atoms with Crippen LogP contribution in [0.5, 0.6) is 0 Å². The predicted octanol–water partition coefficient (Wildman–Crippen LogP) is 0.935. The van der Waals surface area contributed by atoms with Crippen molar-refractivity contribution in [1.82, 2.24) is 15.1 Å². The number of anilines is 1. The number of aliphatic hydroxyl groups is 1. The fraction of sp³-hybridized carbons (Fsp3) is 0.286. The van der Waals surface area contributed by atoms with E-state index in [1.165, 1.54) is 0 Å². The zero-order valence-electron chi connectivity index (χ0n) is 11.3. The first kappa shape index (κ1) is 14.1. The molecular weight excluding hydrogens is 256 g/mol. The summed E-state index contributed by atoms with van der Waals surface area (Å²) in [5, 5.41) is 15.7. The number of nitrogens with zero attached hydrogens (tertiary/aromatic N) is 2. The number of nitrogens with two attached hydrogens (primary N) is 1. The molecule has 0 aliphatic rings. The van der Waals surface area contributed by atoms with Crippen LogP contribution in [0.4, 0.5) is 5.82 Å². The number of hydrogen-bond donors (Lipinski definition) is 3. The number of hydrogen-bond acceptors (Lipinski definition) is 4. The highest BCUT2D eigenvalue weighted by Crippen LogP contribution is 2.17. The molecule has 6 nitrogen and oxygen atoms in total. The maximum Gasteiger partial charge on any atom is 0.259 e. The van der Waals surface area contributed by atoms with Gasteiger partial charge in [0.1, 0.15) is 5.56 Å². The Bertz CT molecular complexity index is 561. The summed E-state index contributed by atoms with van der Waals surface area (Å²) in [6.45, 7) is 2.31. The molecule has 0 spiro atoms. The van der Waals surface area contributed by atoms with Crippen molar-refractivity contribution in [3.63, 3.8) is 0 Å². The van der Waals surface area contributed by atoms with Crippen LogP contribution >= 0.6 is 0 Å². The smallest absolute Gasteiger partial charge is 0.259 e. The van der Waals surface area contributed by atoms with Crippen LogP contribution in [-0.2, 0) is 6.54 Å². The molecule has 0 unspecified atom stereocenters. The molecule has 1 aromatic carbocycles. The van der Waals surface area contributed by atoms with E-state index < -0.39 is 0 Å². The molecule has 106 valence electrons. The lowest BCUT2D eigenvalue weighted by Gasteiger charge is -2.22. The van der Waals surface area contributed by atoms with Gasteiger partial charge in [-0.05, 0) is 12.5 Å². The van der Waals surface area contributed by atoms with Gasteiger partial charge in [-0.3, -0.25) is 9.89 Å². The molecule has 0 atom stereocenters. The number of nitrogen functional groups attached to an aromatic ring is 1. The van der Waals surface area contributed by atoms with Crippen molar-refractivity contribution in [2.24, 2.45) is 0 Å². The largest absolute Gasteiger partial charge is 0.395 e. The van der Waals surface area contributed by atoms with Crippen molar-refractivity contribution < 1.29 is 9.90 Å². The van der Waals surface area contributed by atoms with E-state index in [1.807, 2.05) is 30.3 Å². The molecule has 0 aliphatic heterocycles. The summed E-state index contributed by atoms with van der Waals surface area (Å²) in [6, 6.07) is 9.61. The van der Waals surface area contributed by atoms with E-state index in [4.69, 9.17) is 10.8 Å². The van der Waals surface area contributed by atoms with Gasteiger partial charge in [-0.2, -0.15) is 5.10 Å². The summed E-state index contributed by atoms with van der Waals surface area (Å²) in [7, 11) is 0. The van der Waals surface area contributed by atoms with Gasteiger partial charge in [0.25, 0.3) is 5.91 Å². The minimum absolute atomic E-state index is 0.102. The Morgan fingerprint density at radius 3 is 2.65 bits per heavy atom. The number of aryl methyl sites for hydroxylation is 1. The molecule has 0 radical (unpaired) electrons. The van der Waals surface area contributed by atoms with Crippen molar-refractivity contribution in [3.05, 3.63) is 47.2 Å². The van der Waals surface area contributed by atoms with E-state index in [1.54, 1.807) is 11.8 Å². The number of H-pyrrole nitrogens is 1. The zero-order chi connectivity index (χ0) is 14.5. The van der Waals surface area contributed by atoms with E-state index in [9.17, 15) is 4.79 Å². The Kier molecular flexibility index (Phi) is 4.37. The number of amides is 1. The molecular formula is C14H18N4O2. The molecule has 2 aromatic rings. The predicted molar refractivity (Wildman–Crippen MR) is 76.0 cm³/mol. The van der Waals surface area contributed by atoms with Gasteiger partial charge in [-0.1, -0.05) is 30.3 Å². The quantitative estimate of drug-likeness (QED) is 0.756. The topological polar surface area (TPSA) is 95.2 Å². The molecule has 0 saturated heterocycles. The average Bonchev–Trinajstić information content (AvgIpc) is 2.78. The lowest BCUT2D eigenvalue weighted by atomic mass is 10.1. The lowest BCUT2D eigenvalue weighted by Crippen LogP contribution is -2.33. The second-order valence-corrected chi connectivity index (χ2v) is 4.54. The first-order chi connectivity index (χ1) is 9.63. The van der Waals surface area contributed by atoms with Gasteiger partial charge in [0, 0.05) is 18.8 Å². The monoisotopic (exact) mass is 274 g/mol. The molecule has 0 fully saturated rings. The van der Waals surface area contributed by atoms with Crippen molar-refractivity contribution in [2.45, 2.75) is 13.5 Å². The number of aromatic nitrogens is 2. The Morgan fingerprint density at radius 2 is 2.10 bits per heavy atom. The normalized spacial score (nSPS) is 10.5. The molecule has 0 saturated carbocycles. The second-order valence-electron chi connectivity index (χ2n) is 4.54. The summed E-state index contributed by atoms with van der Waals surface area (Å²) < 4.78 is 0. The van der Waals surface area contributed by atoms with E-state index in [0.717, 1.165) is 5.56 Å². The van der Waals surface area contributed by atoms with Gasteiger partial charge in [0.15, 0.2) is 5.82 Å². The maximum atomic E-state index is 12.5. The minimum atomic E-state index is -0.230. The Balaban J connectivity index is 2.22. The average molecular weight is 274 g/mol. The number of benzene rings is 1. The maximum absolute atomic E-state index is 12.5. The van der Waals surface area contributed by atoms with Crippen molar-refractivity contribution in [1.29, 1.82) is 0 Å². The van der Waals surface area contributed by atoms with Crippen LogP contribution in [0, 0.1) is 6.92 Å². The van der Waals surface area contributed by atoms with Crippen LogP contribution in [0.15, 0.2) is 30.3 Å². The van der Waals surface area contributed by atoms with Crippen LogP contribution < -0.4 is 5.73 Å². The molecule has 4 N–H and O–H groups in total. The van der Waals surface area contributed by atoms with E-state index >= 15 is 0 Å². The standard InChI is InChI=1S/C14H18N4O2/c1-10-12(13(15)17-16-10)14(20)18(7-8-19)9-11-5-3-2-4-6-11/h2-6,19H,7-9H2,1H3,(H3,15,16,17). The Hall–Kier alpha value is -2.34. The fourth-order valence-corrected chi connectivity index (χ4v) is 2.05. The first-order valence-electron chi connectivity index (χ1n) is 6.38. The van der Waals surface area contributed by atoms with Crippen LogP contribution in [0.1, 0.15) is 21.6 Å². The Morgan fingerprint density at radius 1 is 1.40 bits per heavy atom. The third kappa shape index (κ3) is 2.97. The highest BCUT2D eigenvalue weighted by atomic mass is 16.3. The van der Waals surface area contributed by atoms with Gasteiger partial charge >= 0.3 is 0 Å². The number of rotatable bonds is 5. The highest BCUT2D eigenvalue weighted by Gasteiger charge is 2.22. The van der Waals surface area contributed by atoms with Crippen molar-refractivity contribution in [3.8, 4) is 0 Å². The van der Waals surface area contributed by atoms with E-state index in [2.05, 4.69) is 10.2 Å². The van der Waals surface area contributed by atoms with Crippen LogP contribution in [-0.4, -0.2) is 39.3 Å². The van der Waals surface area contributed by atoms with Gasteiger partial charge in [-0.25, -0.2) is 0 Å². The molecule has 6 heteroatoms. The summed E-state index contributed by atoms with van der Waals surface area (Å²) in [5.74, 6) is -0.0462. The van der Waals surface area contributed by atoms with E-state index in [-0.39, 0.29) is 24.9 Å². The molecule has 0 bridgehead atoms. The van der Waals surface area contributed by atoms with Gasteiger partial charge in [-0.15, -0.1) is 0 Å². The third-order valence-electron chi connectivity index (χ3n) is 3.06. The van der Waals surface area contributed by atoms with Crippen LogP contribution in [0.3, 0.4) is 0 Å². The third-order valence-corrected chi connectivity index (χ3v) is 3.06. The fourth-order valence-electron chi connectivity index (χ4n) is 2.05. The molecule has 2 rings (SSSR count).